The first-order chi connectivity index (χ1) is 7.47. The van der Waals surface area contributed by atoms with Gasteiger partial charge in [-0.25, -0.2) is 13.1 Å². The molecule has 2 unspecified atom stereocenters. The average molecular weight is 262 g/mol. The van der Waals surface area contributed by atoms with Gasteiger partial charge in [0.1, 0.15) is 0 Å². The Hall–Kier alpha value is -0.430. The number of rotatable bonds is 6. The Balaban J connectivity index is 2.66. The summed E-state index contributed by atoms with van der Waals surface area (Å²) in [4.78, 5) is 1.03. The minimum absolute atomic E-state index is 0.163. The van der Waals surface area contributed by atoms with Gasteiger partial charge in [-0.05, 0) is 32.3 Å². The molecule has 1 rings (SSSR count). The Bertz CT molecular complexity index is 400. The van der Waals surface area contributed by atoms with Gasteiger partial charge in [-0.2, -0.15) is 0 Å². The van der Waals surface area contributed by atoms with E-state index in [0.717, 1.165) is 4.88 Å². The summed E-state index contributed by atoms with van der Waals surface area (Å²) in [6, 6.07) is 3.69. The molecule has 0 aliphatic rings. The van der Waals surface area contributed by atoms with Crippen LogP contribution in [-0.4, -0.2) is 27.3 Å². The van der Waals surface area contributed by atoms with Crippen LogP contribution < -0.4 is 10.0 Å². The molecule has 0 saturated carbocycles. The van der Waals surface area contributed by atoms with E-state index in [1.54, 1.807) is 25.3 Å². The van der Waals surface area contributed by atoms with E-state index in [2.05, 4.69) is 10.0 Å². The van der Waals surface area contributed by atoms with Crippen LogP contribution in [0.4, 0.5) is 0 Å². The highest BCUT2D eigenvalue weighted by Gasteiger charge is 2.22. The van der Waals surface area contributed by atoms with Gasteiger partial charge in [0.25, 0.3) is 0 Å². The van der Waals surface area contributed by atoms with Crippen LogP contribution in [0.2, 0.25) is 0 Å². The van der Waals surface area contributed by atoms with Crippen molar-refractivity contribution in [2.45, 2.75) is 25.1 Å². The molecule has 6 heteroatoms. The van der Waals surface area contributed by atoms with Gasteiger partial charge in [-0.15, -0.1) is 11.3 Å². The molecule has 92 valence electrons. The molecule has 0 amide bonds. The predicted molar refractivity (Wildman–Crippen MR) is 68.2 cm³/mol. The number of sulfonamides is 1. The molecular weight excluding hydrogens is 244 g/mol. The van der Waals surface area contributed by atoms with Crippen LogP contribution in [0, 0.1) is 0 Å². The number of nitrogens with one attached hydrogen (secondary N) is 2. The molecule has 0 aliphatic heterocycles. The van der Waals surface area contributed by atoms with Gasteiger partial charge in [0, 0.05) is 11.4 Å². The maximum absolute atomic E-state index is 11.9. The highest BCUT2D eigenvalue weighted by atomic mass is 32.2. The minimum Gasteiger partial charge on any atom is -0.318 e. The highest BCUT2D eigenvalue weighted by Crippen LogP contribution is 2.19. The van der Waals surface area contributed by atoms with E-state index in [9.17, 15) is 8.42 Å². The molecule has 0 fully saturated rings. The van der Waals surface area contributed by atoms with Crippen molar-refractivity contribution < 1.29 is 8.42 Å². The van der Waals surface area contributed by atoms with Gasteiger partial charge >= 0.3 is 0 Å². The fourth-order valence-electron chi connectivity index (χ4n) is 1.36. The quantitative estimate of drug-likeness (QED) is 0.813. The Morgan fingerprint density at radius 2 is 2.12 bits per heavy atom. The maximum Gasteiger partial charge on any atom is 0.216 e. The zero-order chi connectivity index (χ0) is 12.2. The smallest absolute Gasteiger partial charge is 0.216 e. The van der Waals surface area contributed by atoms with E-state index in [1.165, 1.54) is 0 Å². The fourth-order valence-corrected chi connectivity index (χ4v) is 3.40. The van der Waals surface area contributed by atoms with E-state index < -0.39 is 15.3 Å². The number of thiophene rings is 1. The Morgan fingerprint density at radius 1 is 1.44 bits per heavy atom. The summed E-state index contributed by atoms with van der Waals surface area (Å²) in [6.07, 6.45) is 0. The van der Waals surface area contributed by atoms with E-state index in [-0.39, 0.29) is 6.04 Å². The van der Waals surface area contributed by atoms with E-state index in [4.69, 9.17) is 0 Å². The summed E-state index contributed by atoms with van der Waals surface area (Å²) in [5, 5.41) is 4.38. The van der Waals surface area contributed by atoms with Gasteiger partial charge in [-0.1, -0.05) is 6.07 Å². The first-order valence-corrected chi connectivity index (χ1v) is 7.59. The van der Waals surface area contributed by atoms with Crippen molar-refractivity contribution in [3.05, 3.63) is 22.4 Å². The predicted octanol–water partition coefficient (Wildman–Crippen LogP) is 1.34. The van der Waals surface area contributed by atoms with Crippen molar-refractivity contribution in [1.29, 1.82) is 0 Å². The monoisotopic (exact) mass is 262 g/mol. The summed E-state index contributed by atoms with van der Waals surface area (Å²) in [7, 11) is -1.51. The minimum atomic E-state index is -3.25. The molecule has 0 aromatic carbocycles. The molecule has 0 radical (unpaired) electrons. The normalized spacial score (nSPS) is 15.9. The summed E-state index contributed by atoms with van der Waals surface area (Å²) in [5.74, 6) is 0. The first kappa shape index (κ1) is 13.6. The molecule has 1 heterocycles. The third-order valence-corrected chi connectivity index (χ3v) is 5.30. The summed E-state index contributed by atoms with van der Waals surface area (Å²) < 4.78 is 26.4. The van der Waals surface area contributed by atoms with Crippen molar-refractivity contribution in [3.63, 3.8) is 0 Å². The lowest BCUT2D eigenvalue weighted by Gasteiger charge is -2.17. The molecule has 1 aromatic heterocycles. The number of hydrogen-bond donors (Lipinski definition) is 2. The van der Waals surface area contributed by atoms with Crippen LogP contribution in [0.1, 0.15) is 24.8 Å². The molecule has 1 aromatic rings. The van der Waals surface area contributed by atoms with Crippen LogP contribution in [-0.2, 0) is 10.0 Å². The lowest BCUT2D eigenvalue weighted by atomic mass is 10.3. The summed E-state index contributed by atoms with van der Waals surface area (Å²) >= 11 is 1.55. The van der Waals surface area contributed by atoms with Gasteiger partial charge in [-0.3, -0.25) is 0 Å². The van der Waals surface area contributed by atoms with Crippen molar-refractivity contribution in [1.82, 2.24) is 10.0 Å². The van der Waals surface area contributed by atoms with Crippen LogP contribution in [0.5, 0.6) is 0 Å². The van der Waals surface area contributed by atoms with E-state index in [1.807, 2.05) is 24.4 Å². The molecule has 4 nitrogen and oxygen atoms in total. The summed E-state index contributed by atoms with van der Waals surface area (Å²) in [6.45, 7) is 4.00. The van der Waals surface area contributed by atoms with Crippen molar-refractivity contribution in [3.8, 4) is 0 Å². The molecule has 0 bridgehead atoms. The van der Waals surface area contributed by atoms with Crippen molar-refractivity contribution in [2.75, 3.05) is 13.6 Å². The lowest BCUT2D eigenvalue weighted by molar-refractivity contribution is 0.551. The highest BCUT2D eigenvalue weighted by molar-refractivity contribution is 7.90. The number of hydrogen-bond acceptors (Lipinski definition) is 4. The van der Waals surface area contributed by atoms with Crippen molar-refractivity contribution in [2.24, 2.45) is 0 Å². The standard InChI is InChI=1S/C10H18N2O2S2/c1-8(7-11-3)16(13,14)12-9(2)10-5-4-6-15-10/h4-6,8-9,11-12H,7H2,1-3H3. The average Bonchev–Trinajstić information content (AvgIpc) is 2.70. The Morgan fingerprint density at radius 3 is 2.62 bits per heavy atom. The Labute approximate surface area is 101 Å². The molecule has 0 saturated heterocycles. The second-order valence-electron chi connectivity index (χ2n) is 3.77. The van der Waals surface area contributed by atoms with Crippen LogP contribution in [0.15, 0.2) is 17.5 Å². The van der Waals surface area contributed by atoms with Crippen LogP contribution >= 0.6 is 11.3 Å². The largest absolute Gasteiger partial charge is 0.318 e. The molecule has 2 atom stereocenters. The van der Waals surface area contributed by atoms with E-state index >= 15 is 0 Å². The molecule has 16 heavy (non-hydrogen) atoms. The molecule has 0 aliphatic carbocycles. The SMILES string of the molecule is CNCC(C)S(=O)(=O)NC(C)c1cccs1. The van der Waals surface area contributed by atoms with Gasteiger partial charge in [0.15, 0.2) is 0 Å². The maximum atomic E-state index is 11.9. The molecular formula is C10H18N2O2S2. The first-order valence-electron chi connectivity index (χ1n) is 5.16. The van der Waals surface area contributed by atoms with Crippen LogP contribution in [0.3, 0.4) is 0 Å². The summed E-state index contributed by atoms with van der Waals surface area (Å²) in [5.41, 5.74) is 0. The second kappa shape index (κ2) is 5.77. The van der Waals surface area contributed by atoms with Gasteiger partial charge in [0.05, 0.1) is 11.3 Å². The van der Waals surface area contributed by atoms with E-state index in [0.29, 0.717) is 6.54 Å². The lowest BCUT2D eigenvalue weighted by Crippen LogP contribution is -2.39. The second-order valence-corrected chi connectivity index (χ2v) is 6.88. The third-order valence-electron chi connectivity index (χ3n) is 2.33. The van der Waals surface area contributed by atoms with Gasteiger partial charge < -0.3 is 5.32 Å². The van der Waals surface area contributed by atoms with Crippen molar-refractivity contribution >= 4 is 21.4 Å². The third kappa shape index (κ3) is 3.55. The Kier molecular flexibility index (Phi) is 4.91. The van der Waals surface area contributed by atoms with Gasteiger partial charge in [0.2, 0.25) is 10.0 Å². The topological polar surface area (TPSA) is 58.2 Å². The van der Waals surface area contributed by atoms with Crippen LogP contribution in [0.25, 0.3) is 0 Å². The molecule has 2 N–H and O–H groups in total. The molecule has 0 spiro atoms. The zero-order valence-electron chi connectivity index (χ0n) is 9.73. The fraction of sp³-hybridized carbons (Fsp3) is 0.600. The zero-order valence-corrected chi connectivity index (χ0v) is 11.4.